The predicted octanol–water partition coefficient (Wildman–Crippen LogP) is 4.78. The molecule has 2 aromatic carbocycles. The van der Waals surface area contributed by atoms with E-state index in [0.29, 0.717) is 37.7 Å². The second kappa shape index (κ2) is 8.36. The Morgan fingerprint density at radius 3 is 2.69 bits per heavy atom. The highest BCUT2D eigenvalue weighted by Gasteiger charge is 2.25. The molecule has 0 spiro atoms. The second-order valence-electron chi connectivity index (χ2n) is 7.40. The molecule has 0 N–H and O–H groups in total. The van der Waals surface area contributed by atoms with Crippen LogP contribution in [0.5, 0.6) is 5.75 Å². The topological polar surface area (TPSA) is 88.8 Å². The summed E-state index contributed by atoms with van der Waals surface area (Å²) in [5, 5.41) is 12.7. The number of ether oxygens (including phenoxy) is 1. The van der Waals surface area contributed by atoms with E-state index in [1.165, 1.54) is 23.5 Å². The van der Waals surface area contributed by atoms with Gasteiger partial charge in [0, 0.05) is 48.4 Å². The van der Waals surface area contributed by atoms with Gasteiger partial charge in [-0.05, 0) is 31.2 Å². The van der Waals surface area contributed by atoms with Crippen molar-refractivity contribution in [3.8, 4) is 5.75 Å². The van der Waals surface area contributed by atoms with Crippen LogP contribution in [0.4, 0.5) is 10.8 Å². The van der Waals surface area contributed by atoms with Gasteiger partial charge in [0.2, 0.25) is 0 Å². The minimum absolute atomic E-state index is 0.0311. The number of para-hydroxylation sites is 1. The predicted molar refractivity (Wildman–Crippen MR) is 127 cm³/mol. The van der Waals surface area contributed by atoms with Crippen molar-refractivity contribution in [3.63, 3.8) is 0 Å². The number of nitro groups is 1. The maximum atomic E-state index is 13.0. The van der Waals surface area contributed by atoms with Crippen LogP contribution in [0.1, 0.15) is 16.6 Å². The molecule has 1 aliphatic heterocycles. The third kappa shape index (κ3) is 3.76. The molecule has 0 bridgehead atoms. The molecular formula is C22H20N4O4S2. The average molecular weight is 469 g/mol. The lowest BCUT2D eigenvalue weighted by atomic mass is 10.2. The van der Waals surface area contributed by atoms with Gasteiger partial charge in [0.25, 0.3) is 11.6 Å². The Kier molecular flexibility index (Phi) is 5.40. The highest BCUT2D eigenvalue weighted by molar-refractivity contribution is 7.22. The standard InChI is InChI=1S/C22H20N4O4S2/c1-2-30-16-4-3-5-18-20(16)23-22(32-18)25-10-8-24(9-11-25)21(27)19-13-14-12-15(26(28)29)6-7-17(14)31-19/h3-7,12-13H,2,8-11H2,1H3. The molecule has 32 heavy (non-hydrogen) atoms. The van der Waals surface area contributed by atoms with Crippen LogP contribution in [0, 0.1) is 10.1 Å². The van der Waals surface area contributed by atoms with Crippen LogP contribution in [-0.4, -0.2) is 53.5 Å². The Morgan fingerprint density at radius 2 is 1.94 bits per heavy atom. The fourth-order valence-electron chi connectivity index (χ4n) is 3.83. The van der Waals surface area contributed by atoms with E-state index < -0.39 is 4.92 Å². The number of carbonyl (C=O) groups excluding carboxylic acids is 1. The number of nitrogens with zero attached hydrogens (tertiary/aromatic N) is 4. The number of benzene rings is 2. The first kappa shape index (κ1) is 20.7. The summed E-state index contributed by atoms with van der Waals surface area (Å²) >= 11 is 3.01. The quantitative estimate of drug-likeness (QED) is 0.309. The summed E-state index contributed by atoms with van der Waals surface area (Å²) in [4.78, 5) is 33.1. The van der Waals surface area contributed by atoms with E-state index in [0.717, 1.165) is 31.2 Å². The molecule has 10 heteroatoms. The Bertz CT molecular complexity index is 1320. The zero-order valence-electron chi connectivity index (χ0n) is 17.3. The number of non-ortho nitro benzene ring substituents is 1. The Morgan fingerprint density at radius 1 is 1.12 bits per heavy atom. The first-order chi connectivity index (χ1) is 15.5. The van der Waals surface area contributed by atoms with Crippen molar-refractivity contribution in [1.82, 2.24) is 9.88 Å². The molecule has 0 aliphatic carbocycles. The fraction of sp³-hybridized carbons (Fsp3) is 0.273. The summed E-state index contributed by atoms with van der Waals surface area (Å²) in [6, 6.07) is 12.4. The van der Waals surface area contributed by atoms with E-state index in [2.05, 4.69) is 4.90 Å². The molecule has 2 aromatic heterocycles. The normalized spacial score (nSPS) is 14.3. The highest BCUT2D eigenvalue weighted by atomic mass is 32.1. The fourth-order valence-corrected chi connectivity index (χ4v) is 5.87. The molecule has 1 amide bonds. The zero-order chi connectivity index (χ0) is 22.2. The van der Waals surface area contributed by atoms with Gasteiger partial charge in [-0.2, -0.15) is 0 Å². The van der Waals surface area contributed by atoms with Gasteiger partial charge in [0.15, 0.2) is 5.13 Å². The number of anilines is 1. The second-order valence-corrected chi connectivity index (χ2v) is 9.49. The number of nitro benzene ring substituents is 1. The number of rotatable bonds is 5. The van der Waals surface area contributed by atoms with Crippen molar-refractivity contribution in [3.05, 3.63) is 57.5 Å². The summed E-state index contributed by atoms with van der Waals surface area (Å²) in [6.45, 7) is 5.15. The van der Waals surface area contributed by atoms with Gasteiger partial charge in [0.1, 0.15) is 11.3 Å². The maximum absolute atomic E-state index is 13.0. The summed E-state index contributed by atoms with van der Waals surface area (Å²) in [5.41, 5.74) is 0.915. The van der Waals surface area contributed by atoms with E-state index in [1.807, 2.05) is 30.0 Å². The van der Waals surface area contributed by atoms with Gasteiger partial charge >= 0.3 is 0 Å². The number of piperazine rings is 1. The number of thiazole rings is 1. The van der Waals surface area contributed by atoms with Crippen molar-refractivity contribution in [2.75, 3.05) is 37.7 Å². The molecule has 3 heterocycles. The van der Waals surface area contributed by atoms with Crippen LogP contribution in [0.2, 0.25) is 0 Å². The minimum Gasteiger partial charge on any atom is -0.492 e. The van der Waals surface area contributed by atoms with Gasteiger partial charge in [-0.25, -0.2) is 4.98 Å². The molecule has 0 atom stereocenters. The lowest BCUT2D eigenvalue weighted by Gasteiger charge is -2.34. The third-order valence-electron chi connectivity index (χ3n) is 5.43. The van der Waals surface area contributed by atoms with Crippen LogP contribution >= 0.6 is 22.7 Å². The maximum Gasteiger partial charge on any atom is 0.270 e. The lowest BCUT2D eigenvalue weighted by molar-refractivity contribution is -0.384. The van der Waals surface area contributed by atoms with Crippen molar-refractivity contribution in [1.29, 1.82) is 0 Å². The average Bonchev–Trinajstić information content (AvgIpc) is 3.43. The largest absolute Gasteiger partial charge is 0.492 e. The molecule has 5 rings (SSSR count). The van der Waals surface area contributed by atoms with Crippen LogP contribution in [0.3, 0.4) is 0 Å². The lowest BCUT2D eigenvalue weighted by Crippen LogP contribution is -2.48. The van der Waals surface area contributed by atoms with Crippen molar-refractivity contribution in [2.24, 2.45) is 0 Å². The monoisotopic (exact) mass is 468 g/mol. The first-order valence-corrected chi connectivity index (χ1v) is 11.9. The molecule has 1 aliphatic rings. The highest BCUT2D eigenvalue weighted by Crippen LogP contribution is 2.35. The van der Waals surface area contributed by atoms with E-state index >= 15 is 0 Å². The third-order valence-corrected chi connectivity index (χ3v) is 7.61. The molecular weight excluding hydrogens is 448 g/mol. The molecule has 4 aromatic rings. The zero-order valence-corrected chi connectivity index (χ0v) is 18.9. The summed E-state index contributed by atoms with van der Waals surface area (Å²) < 4.78 is 7.66. The SMILES string of the molecule is CCOc1cccc2sc(N3CCN(C(=O)c4cc5cc([N+](=O)[O-])ccc5s4)CC3)nc12. The van der Waals surface area contributed by atoms with E-state index in [9.17, 15) is 14.9 Å². The van der Waals surface area contributed by atoms with E-state index in [-0.39, 0.29) is 11.6 Å². The number of carbonyl (C=O) groups is 1. The number of aromatic nitrogens is 1. The summed E-state index contributed by atoms with van der Waals surface area (Å²) in [5.74, 6) is 0.766. The molecule has 0 unspecified atom stereocenters. The van der Waals surface area contributed by atoms with Crippen molar-refractivity contribution < 1.29 is 14.5 Å². The number of thiophene rings is 1. The Labute approximate surface area is 191 Å². The van der Waals surface area contributed by atoms with Gasteiger partial charge < -0.3 is 14.5 Å². The van der Waals surface area contributed by atoms with Crippen molar-refractivity contribution in [2.45, 2.75) is 6.92 Å². The number of fused-ring (bicyclic) bond motifs is 2. The van der Waals surface area contributed by atoms with Gasteiger partial charge in [-0.1, -0.05) is 17.4 Å². The van der Waals surface area contributed by atoms with Gasteiger partial charge in [-0.3, -0.25) is 14.9 Å². The van der Waals surface area contributed by atoms with Gasteiger partial charge in [-0.15, -0.1) is 11.3 Å². The summed E-state index contributed by atoms with van der Waals surface area (Å²) in [7, 11) is 0. The number of hydrogen-bond donors (Lipinski definition) is 0. The Balaban J connectivity index is 1.30. The number of hydrogen-bond acceptors (Lipinski definition) is 8. The van der Waals surface area contributed by atoms with Crippen LogP contribution < -0.4 is 9.64 Å². The molecule has 0 radical (unpaired) electrons. The minimum atomic E-state index is -0.419. The Hall–Kier alpha value is -3.24. The van der Waals surface area contributed by atoms with Crippen LogP contribution in [0.15, 0.2) is 42.5 Å². The molecule has 1 saturated heterocycles. The molecule has 1 fully saturated rings. The molecule has 0 saturated carbocycles. The molecule has 8 nitrogen and oxygen atoms in total. The van der Waals surface area contributed by atoms with E-state index in [1.54, 1.807) is 23.5 Å². The summed E-state index contributed by atoms with van der Waals surface area (Å²) in [6.07, 6.45) is 0. The van der Waals surface area contributed by atoms with Gasteiger partial charge in [0.05, 0.1) is 21.1 Å². The first-order valence-electron chi connectivity index (χ1n) is 10.3. The number of amides is 1. The van der Waals surface area contributed by atoms with Crippen molar-refractivity contribution >= 4 is 59.7 Å². The van der Waals surface area contributed by atoms with E-state index in [4.69, 9.17) is 9.72 Å². The smallest absolute Gasteiger partial charge is 0.270 e. The molecule has 164 valence electrons. The van der Waals surface area contributed by atoms with Crippen LogP contribution in [0.25, 0.3) is 20.3 Å². The van der Waals surface area contributed by atoms with Crippen LogP contribution in [-0.2, 0) is 0 Å².